The maximum atomic E-state index is 5.85. The van der Waals surface area contributed by atoms with Gasteiger partial charge in [0, 0.05) is 6.07 Å². The molecule has 0 aliphatic heterocycles. The Morgan fingerprint density at radius 3 is 3.12 bits per heavy atom. The lowest BCUT2D eigenvalue weighted by Crippen LogP contribution is -2.03. The number of nitrogens with zero attached hydrogens (tertiary/aromatic N) is 4. The summed E-state index contributed by atoms with van der Waals surface area (Å²) in [5, 5.41) is 4.38. The highest BCUT2D eigenvalue weighted by Gasteiger charge is 2.06. The summed E-state index contributed by atoms with van der Waals surface area (Å²) in [6.45, 7) is 2.81. The second kappa shape index (κ2) is 5.12. The van der Waals surface area contributed by atoms with Crippen molar-refractivity contribution >= 4 is 17.4 Å². The molecule has 2 rings (SSSR count). The highest BCUT2D eigenvalue weighted by Crippen LogP contribution is 2.16. The van der Waals surface area contributed by atoms with Gasteiger partial charge in [0.15, 0.2) is 0 Å². The minimum Gasteiger partial charge on any atom is -0.477 e. The summed E-state index contributed by atoms with van der Waals surface area (Å²) < 4.78 is 7.14. The lowest BCUT2D eigenvalue weighted by Gasteiger charge is -2.06. The van der Waals surface area contributed by atoms with Gasteiger partial charge in [-0.05, 0) is 6.42 Å². The van der Waals surface area contributed by atoms with Crippen LogP contribution in [0.1, 0.15) is 26.2 Å². The molecule has 0 spiro atoms. The van der Waals surface area contributed by atoms with Gasteiger partial charge in [-0.15, -0.1) is 0 Å². The molecule has 2 heterocycles. The van der Waals surface area contributed by atoms with E-state index in [1.807, 2.05) is 0 Å². The van der Waals surface area contributed by atoms with Crippen molar-refractivity contribution in [3.63, 3.8) is 0 Å². The van der Waals surface area contributed by atoms with Crippen molar-refractivity contribution in [3.8, 4) is 5.88 Å². The van der Waals surface area contributed by atoms with E-state index in [9.17, 15) is 0 Å². The number of halogens is 1. The van der Waals surface area contributed by atoms with Crippen molar-refractivity contribution in [2.75, 3.05) is 6.61 Å². The Morgan fingerprint density at radius 2 is 2.31 bits per heavy atom. The molecule has 86 valence electrons. The van der Waals surface area contributed by atoms with Gasteiger partial charge in [-0.3, -0.25) is 0 Å². The Kier molecular flexibility index (Phi) is 3.56. The number of rotatable bonds is 5. The minimum atomic E-state index is 0.367. The standard InChI is InChI=1S/C10H13ClN4O/c1-2-3-4-5-16-9-6-8(11)14-10-12-7-13-15(9)10/h6-7H,2-5H2,1H3. The fourth-order valence-electron chi connectivity index (χ4n) is 1.39. The van der Waals surface area contributed by atoms with Crippen LogP contribution in [0, 0.1) is 0 Å². The van der Waals surface area contributed by atoms with E-state index in [4.69, 9.17) is 16.3 Å². The highest BCUT2D eigenvalue weighted by molar-refractivity contribution is 6.29. The zero-order chi connectivity index (χ0) is 11.4. The molecule has 0 saturated carbocycles. The Bertz CT molecular complexity index is 471. The second-order valence-corrected chi connectivity index (χ2v) is 3.83. The van der Waals surface area contributed by atoms with E-state index in [1.54, 1.807) is 6.07 Å². The molecule has 0 aliphatic rings. The minimum absolute atomic E-state index is 0.367. The first-order chi connectivity index (χ1) is 7.81. The predicted octanol–water partition coefficient (Wildman–Crippen LogP) is 2.35. The summed E-state index contributed by atoms with van der Waals surface area (Å²) in [5.74, 6) is 1.04. The summed E-state index contributed by atoms with van der Waals surface area (Å²) in [6, 6.07) is 1.65. The molecule has 0 atom stereocenters. The van der Waals surface area contributed by atoms with Crippen LogP contribution in [0.2, 0.25) is 5.15 Å². The number of fused-ring (bicyclic) bond motifs is 1. The van der Waals surface area contributed by atoms with Gasteiger partial charge >= 0.3 is 0 Å². The van der Waals surface area contributed by atoms with Gasteiger partial charge in [-0.2, -0.15) is 19.6 Å². The molecule has 0 aliphatic carbocycles. The van der Waals surface area contributed by atoms with Crippen molar-refractivity contribution in [1.82, 2.24) is 19.6 Å². The Hall–Kier alpha value is -1.36. The number of hydrogen-bond donors (Lipinski definition) is 0. The maximum absolute atomic E-state index is 5.85. The number of hydrogen-bond acceptors (Lipinski definition) is 4. The Balaban J connectivity index is 2.12. The molecule has 0 radical (unpaired) electrons. The smallest absolute Gasteiger partial charge is 0.256 e. The third-order valence-electron chi connectivity index (χ3n) is 2.19. The predicted molar refractivity (Wildman–Crippen MR) is 60.8 cm³/mol. The molecular formula is C10H13ClN4O. The quantitative estimate of drug-likeness (QED) is 0.595. The van der Waals surface area contributed by atoms with E-state index in [0.717, 1.165) is 12.8 Å². The van der Waals surface area contributed by atoms with Crippen LogP contribution in [0.25, 0.3) is 5.78 Å². The summed E-state index contributed by atoms with van der Waals surface area (Å²) in [7, 11) is 0. The molecule has 5 nitrogen and oxygen atoms in total. The van der Waals surface area contributed by atoms with Crippen molar-refractivity contribution in [2.24, 2.45) is 0 Å². The number of unbranched alkanes of at least 4 members (excludes halogenated alkanes) is 2. The average molecular weight is 241 g/mol. The molecule has 0 N–H and O–H groups in total. The molecule has 0 amide bonds. The lowest BCUT2D eigenvalue weighted by molar-refractivity contribution is 0.287. The van der Waals surface area contributed by atoms with Gasteiger partial charge in [-0.25, -0.2) is 0 Å². The van der Waals surface area contributed by atoms with Crippen LogP contribution < -0.4 is 4.74 Å². The van der Waals surface area contributed by atoms with Crippen molar-refractivity contribution in [2.45, 2.75) is 26.2 Å². The van der Waals surface area contributed by atoms with Gasteiger partial charge in [0.2, 0.25) is 5.88 Å². The van der Waals surface area contributed by atoms with Crippen LogP contribution in [0.3, 0.4) is 0 Å². The first-order valence-corrected chi connectivity index (χ1v) is 5.68. The fourth-order valence-corrected chi connectivity index (χ4v) is 1.56. The molecular weight excluding hydrogens is 228 g/mol. The number of ether oxygens (including phenoxy) is 1. The third kappa shape index (κ3) is 2.41. The van der Waals surface area contributed by atoms with E-state index < -0.39 is 0 Å². The van der Waals surface area contributed by atoms with Crippen LogP contribution in [0.4, 0.5) is 0 Å². The first-order valence-electron chi connectivity index (χ1n) is 5.30. The second-order valence-electron chi connectivity index (χ2n) is 3.44. The van der Waals surface area contributed by atoms with Gasteiger partial charge in [0.05, 0.1) is 6.61 Å². The topological polar surface area (TPSA) is 52.3 Å². The average Bonchev–Trinajstić information content (AvgIpc) is 2.72. The van der Waals surface area contributed by atoms with E-state index >= 15 is 0 Å². The molecule has 16 heavy (non-hydrogen) atoms. The van der Waals surface area contributed by atoms with Gasteiger partial charge < -0.3 is 4.74 Å². The van der Waals surface area contributed by atoms with Crippen LogP contribution >= 0.6 is 11.6 Å². The normalized spacial score (nSPS) is 10.9. The monoisotopic (exact) mass is 240 g/mol. The zero-order valence-electron chi connectivity index (χ0n) is 9.06. The largest absolute Gasteiger partial charge is 0.477 e. The maximum Gasteiger partial charge on any atom is 0.256 e. The molecule has 2 aromatic rings. The lowest BCUT2D eigenvalue weighted by atomic mass is 10.3. The van der Waals surface area contributed by atoms with Crippen LogP contribution in [0.15, 0.2) is 12.4 Å². The van der Waals surface area contributed by atoms with E-state index in [0.29, 0.717) is 23.4 Å². The molecule has 0 unspecified atom stereocenters. The van der Waals surface area contributed by atoms with E-state index in [-0.39, 0.29) is 0 Å². The summed E-state index contributed by atoms with van der Waals surface area (Å²) in [5.41, 5.74) is 0. The van der Waals surface area contributed by atoms with Crippen molar-refractivity contribution in [3.05, 3.63) is 17.5 Å². The third-order valence-corrected chi connectivity index (χ3v) is 2.38. The summed E-state index contributed by atoms with van der Waals surface area (Å²) in [6.07, 6.45) is 4.77. The van der Waals surface area contributed by atoms with E-state index in [1.165, 1.54) is 17.3 Å². The van der Waals surface area contributed by atoms with Crippen LogP contribution in [0.5, 0.6) is 5.88 Å². The molecule has 0 saturated heterocycles. The highest BCUT2D eigenvalue weighted by atomic mass is 35.5. The molecule has 6 heteroatoms. The first kappa shape index (κ1) is 11.1. The molecule has 0 fully saturated rings. The van der Waals surface area contributed by atoms with E-state index in [2.05, 4.69) is 22.0 Å². The van der Waals surface area contributed by atoms with Crippen molar-refractivity contribution < 1.29 is 4.74 Å². The molecule has 0 bridgehead atoms. The Labute approximate surface area is 98.4 Å². The van der Waals surface area contributed by atoms with Crippen LogP contribution in [-0.2, 0) is 0 Å². The fraction of sp³-hybridized carbons (Fsp3) is 0.500. The molecule has 0 aromatic carbocycles. The number of aromatic nitrogens is 4. The van der Waals surface area contributed by atoms with Gasteiger partial charge in [0.1, 0.15) is 11.5 Å². The van der Waals surface area contributed by atoms with Crippen molar-refractivity contribution in [1.29, 1.82) is 0 Å². The summed E-state index contributed by atoms with van der Waals surface area (Å²) >= 11 is 5.85. The molecule has 2 aromatic heterocycles. The Morgan fingerprint density at radius 1 is 1.44 bits per heavy atom. The van der Waals surface area contributed by atoms with Gasteiger partial charge in [-0.1, -0.05) is 31.4 Å². The van der Waals surface area contributed by atoms with Gasteiger partial charge in [0.25, 0.3) is 5.78 Å². The zero-order valence-corrected chi connectivity index (χ0v) is 9.81. The SMILES string of the molecule is CCCCCOc1cc(Cl)nc2ncnn12. The van der Waals surface area contributed by atoms with Crippen LogP contribution in [-0.4, -0.2) is 26.2 Å². The summed E-state index contributed by atoms with van der Waals surface area (Å²) in [4.78, 5) is 7.98.